The Hall–Kier alpha value is -2.03. The smallest absolute Gasteiger partial charge is 0.277 e. The number of hydrogen-bond donors (Lipinski definition) is 3. The maximum absolute atomic E-state index is 15.0. The van der Waals surface area contributed by atoms with Crippen molar-refractivity contribution in [3.05, 3.63) is 57.6 Å². The summed E-state index contributed by atoms with van der Waals surface area (Å²) in [6, 6.07) is 7.21. The molecule has 3 N–H and O–H groups in total. The van der Waals surface area contributed by atoms with E-state index in [0.717, 1.165) is 0 Å². The number of carbonyl (C=O) groups excluding carboxylic acids is 1. The predicted octanol–water partition coefficient (Wildman–Crippen LogP) is 4.25. The summed E-state index contributed by atoms with van der Waals surface area (Å²) in [5, 5.41) is 11.4. The second-order valence-electron chi connectivity index (χ2n) is 5.80. The number of anilines is 2. The van der Waals surface area contributed by atoms with Crippen molar-refractivity contribution < 1.29 is 23.5 Å². The molecule has 8 heteroatoms. The van der Waals surface area contributed by atoms with Crippen molar-refractivity contribution in [1.82, 2.24) is 5.48 Å². The number of aliphatic hydroxyl groups is 1. The van der Waals surface area contributed by atoms with Crippen molar-refractivity contribution in [2.75, 3.05) is 18.5 Å². The molecule has 0 radical (unpaired) electrons. The summed E-state index contributed by atoms with van der Waals surface area (Å²) in [5.41, 5.74) is 2.33. The molecule has 2 aromatic carbocycles. The topological polar surface area (TPSA) is 70.6 Å². The number of benzene rings is 2. The number of halogens is 3. The predicted molar refractivity (Wildman–Crippen MR) is 98.4 cm³/mol. The van der Waals surface area contributed by atoms with E-state index in [9.17, 15) is 13.6 Å². The maximum Gasteiger partial charge on any atom is 0.277 e. The lowest BCUT2D eigenvalue weighted by Crippen LogP contribution is -2.26. The Bertz CT molecular complexity index is 800. The summed E-state index contributed by atoms with van der Waals surface area (Å²) in [6.07, 6.45) is 0. The van der Waals surface area contributed by atoms with Crippen LogP contribution in [0, 0.1) is 11.6 Å². The van der Waals surface area contributed by atoms with E-state index in [0.29, 0.717) is 10.0 Å². The molecule has 0 aliphatic heterocycles. The van der Waals surface area contributed by atoms with E-state index in [1.165, 1.54) is 24.3 Å². The van der Waals surface area contributed by atoms with E-state index >= 15 is 0 Å². The zero-order chi connectivity index (χ0) is 19.3. The molecule has 0 unspecified atom stereocenters. The molecule has 26 heavy (non-hydrogen) atoms. The molecular formula is C18H19BrF2N2O3. The minimum Gasteiger partial charge on any atom is -0.394 e. The molecule has 0 atom stereocenters. The molecule has 1 amide bonds. The molecule has 0 fully saturated rings. The summed E-state index contributed by atoms with van der Waals surface area (Å²) in [4.78, 5) is 17.1. The lowest BCUT2D eigenvalue weighted by molar-refractivity contribution is 0.0168. The van der Waals surface area contributed by atoms with Gasteiger partial charge in [-0.3, -0.25) is 9.63 Å². The van der Waals surface area contributed by atoms with Crippen LogP contribution in [-0.4, -0.2) is 24.2 Å². The van der Waals surface area contributed by atoms with E-state index in [2.05, 4.69) is 26.7 Å². The van der Waals surface area contributed by atoms with Crippen molar-refractivity contribution in [3.8, 4) is 0 Å². The van der Waals surface area contributed by atoms with Gasteiger partial charge in [0.25, 0.3) is 5.91 Å². The first-order valence-corrected chi connectivity index (χ1v) is 8.72. The lowest BCUT2D eigenvalue weighted by Gasteiger charge is -2.17. The van der Waals surface area contributed by atoms with E-state index in [1.807, 2.05) is 13.8 Å². The highest BCUT2D eigenvalue weighted by atomic mass is 79.9. The van der Waals surface area contributed by atoms with Gasteiger partial charge in [0.2, 0.25) is 0 Å². The highest BCUT2D eigenvalue weighted by Crippen LogP contribution is 2.32. The standard InChI is InChI=1S/C18H19BrF2N2O3/c1-10(2)12-4-5-13(18(25)23-26-8-7-24)17(16(12)21)22-15-6-3-11(19)9-14(15)20/h3-6,9-10,22,24H,7-8H2,1-2H3,(H,23,25). The second kappa shape index (κ2) is 9.07. The zero-order valence-electron chi connectivity index (χ0n) is 14.3. The Morgan fingerprint density at radius 2 is 2.00 bits per heavy atom. The van der Waals surface area contributed by atoms with Crippen molar-refractivity contribution in [2.24, 2.45) is 0 Å². The number of hydrogen-bond acceptors (Lipinski definition) is 4. The Labute approximate surface area is 158 Å². The van der Waals surface area contributed by atoms with E-state index < -0.39 is 17.5 Å². The Balaban J connectivity index is 2.45. The van der Waals surface area contributed by atoms with Crippen LogP contribution in [0.25, 0.3) is 0 Å². The summed E-state index contributed by atoms with van der Waals surface area (Å²) >= 11 is 3.16. The van der Waals surface area contributed by atoms with Gasteiger partial charge >= 0.3 is 0 Å². The number of aliphatic hydroxyl groups excluding tert-OH is 1. The Morgan fingerprint density at radius 1 is 1.27 bits per heavy atom. The van der Waals surface area contributed by atoms with Crippen LogP contribution in [0.2, 0.25) is 0 Å². The van der Waals surface area contributed by atoms with Crippen LogP contribution >= 0.6 is 15.9 Å². The van der Waals surface area contributed by atoms with Crippen LogP contribution in [0.15, 0.2) is 34.8 Å². The quantitative estimate of drug-likeness (QED) is 0.455. The number of hydroxylamine groups is 1. The summed E-state index contributed by atoms with van der Waals surface area (Å²) in [6.45, 7) is 3.23. The first kappa shape index (κ1) is 20.3. The number of carbonyl (C=O) groups is 1. The largest absolute Gasteiger partial charge is 0.394 e. The van der Waals surface area contributed by atoms with Gasteiger partial charge in [-0.25, -0.2) is 14.3 Å². The molecule has 0 heterocycles. The van der Waals surface area contributed by atoms with Crippen LogP contribution in [0.5, 0.6) is 0 Å². The van der Waals surface area contributed by atoms with Gasteiger partial charge < -0.3 is 10.4 Å². The summed E-state index contributed by atoms with van der Waals surface area (Å²) < 4.78 is 29.6. The van der Waals surface area contributed by atoms with Crippen molar-refractivity contribution in [2.45, 2.75) is 19.8 Å². The van der Waals surface area contributed by atoms with Gasteiger partial charge in [0.1, 0.15) is 5.82 Å². The minimum atomic E-state index is -0.715. The highest BCUT2D eigenvalue weighted by Gasteiger charge is 2.21. The summed E-state index contributed by atoms with van der Waals surface area (Å²) in [5.74, 6) is -2.09. The second-order valence-corrected chi connectivity index (χ2v) is 6.71. The average Bonchev–Trinajstić information content (AvgIpc) is 2.58. The van der Waals surface area contributed by atoms with E-state index in [1.54, 1.807) is 6.07 Å². The van der Waals surface area contributed by atoms with Gasteiger partial charge in [-0.15, -0.1) is 0 Å². The zero-order valence-corrected chi connectivity index (χ0v) is 15.9. The number of rotatable bonds is 7. The van der Waals surface area contributed by atoms with Gasteiger partial charge in [-0.05, 0) is 35.7 Å². The fourth-order valence-corrected chi connectivity index (χ4v) is 2.63. The van der Waals surface area contributed by atoms with E-state index in [4.69, 9.17) is 9.94 Å². The first-order chi connectivity index (χ1) is 12.3. The third-order valence-corrected chi connectivity index (χ3v) is 4.08. The molecule has 0 saturated carbocycles. The minimum absolute atomic E-state index is 0.0262. The summed E-state index contributed by atoms with van der Waals surface area (Å²) in [7, 11) is 0. The van der Waals surface area contributed by atoms with Crippen LogP contribution in [0.1, 0.15) is 35.7 Å². The van der Waals surface area contributed by atoms with Gasteiger partial charge in [-0.1, -0.05) is 35.8 Å². The van der Waals surface area contributed by atoms with E-state index in [-0.39, 0.29) is 36.1 Å². The third-order valence-electron chi connectivity index (χ3n) is 3.59. The van der Waals surface area contributed by atoms with Gasteiger partial charge in [0.15, 0.2) is 5.82 Å². The fourth-order valence-electron chi connectivity index (χ4n) is 2.29. The SMILES string of the molecule is CC(C)c1ccc(C(=O)NOCCO)c(Nc2ccc(Br)cc2F)c1F. The molecule has 2 aromatic rings. The van der Waals surface area contributed by atoms with Crippen LogP contribution in [0.4, 0.5) is 20.2 Å². The fraction of sp³-hybridized carbons (Fsp3) is 0.278. The highest BCUT2D eigenvalue weighted by molar-refractivity contribution is 9.10. The van der Waals surface area contributed by atoms with Gasteiger partial charge in [0.05, 0.1) is 30.2 Å². The number of amides is 1. The number of nitrogens with one attached hydrogen (secondary N) is 2. The Morgan fingerprint density at radius 3 is 2.62 bits per heavy atom. The monoisotopic (exact) mass is 428 g/mol. The lowest BCUT2D eigenvalue weighted by atomic mass is 9.98. The molecule has 5 nitrogen and oxygen atoms in total. The van der Waals surface area contributed by atoms with Crippen LogP contribution in [0.3, 0.4) is 0 Å². The first-order valence-electron chi connectivity index (χ1n) is 7.92. The molecule has 0 aromatic heterocycles. The molecule has 0 spiro atoms. The van der Waals surface area contributed by atoms with Gasteiger partial charge in [-0.2, -0.15) is 0 Å². The molecular weight excluding hydrogens is 410 g/mol. The molecule has 0 aliphatic rings. The molecule has 2 rings (SSSR count). The van der Waals surface area contributed by atoms with Crippen molar-refractivity contribution in [3.63, 3.8) is 0 Å². The normalized spacial score (nSPS) is 10.9. The molecule has 0 aliphatic carbocycles. The molecule has 0 bridgehead atoms. The Kier molecular flexibility index (Phi) is 7.07. The van der Waals surface area contributed by atoms with Crippen molar-refractivity contribution >= 4 is 33.2 Å². The van der Waals surface area contributed by atoms with Crippen LogP contribution in [-0.2, 0) is 4.84 Å². The molecule has 0 saturated heterocycles. The van der Waals surface area contributed by atoms with Crippen LogP contribution < -0.4 is 10.8 Å². The van der Waals surface area contributed by atoms with Crippen molar-refractivity contribution in [1.29, 1.82) is 0 Å². The molecule has 140 valence electrons. The maximum atomic E-state index is 15.0. The third kappa shape index (κ3) is 4.78. The van der Waals surface area contributed by atoms with Gasteiger partial charge in [0, 0.05) is 4.47 Å². The average molecular weight is 429 g/mol.